The maximum absolute atomic E-state index is 13.7. The highest BCUT2D eigenvalue weighted by atomic mass is 79.9. The van der Waals surface area contributed by atoms with Gasteiger partial charge in [-0.05, 0) is 41.1 Å². The van der Waals surface area contributed by atoms with Crippen LogP contribution < -0.4 is 10.1 Å². The molecule has 0 aliphatic heterocycles. The van der Waals surface area contributed by atoms with Crippen LogP contribution in [0.5, 0.6) is 5.75 Å². The number of nitrogens with zero attached hydrogens (tertiary/aromatic N) is 1. The van der Waals surface area contributed by atoms with E-state index in [2.05, 4.69) is 26.2 Å². The van der Waals surface area contributed by atoms with E-state index in [0.29, 0.717) is 27.6 Å². The molecule has 19 heavy (non-hydrogen) atoms. The maximum atomic E-state index is 13.7. The van der Waals surface area contributed by atoms with Gasteiger partial charge in [0, 0.05) is 18.0 Å². The Kier molecular flexibility index (Phi) is 4.61. The molecule has 1 aromatic carbocycles. The first-order valence-electron chi connectivity index (χ1n) is 5.60. The molecule has 2 rings (SSSR count). The third kappa shape index (κ3) is 3.58. The molecule has 3 nitrogen and oxygen atoms in total. The molecule has 0 saturated heterocycles. The molecule has 0 radical (unpaired) electrons. The summed E-state index contributed by atoms with van der Waals surface area (Å²) in [6.45, 7) is 2.23. The summed E-state index contributed by atoms with van der Waals surface area (Å²) in [5, 5.41) is 3.52. The molecule has 0 fully saturated rings. The summed E-state index contributed by atoms with van der Waals surface area (Å²) in [6.07, 6.45) is 1.51. The molecule has 0 spiro atoms. The highest BCUT2D eigenvalue weighted by Crippen LogP contribution is 2.28. The van der Waals surface area contributed by atoms with Crippen molar-refractivity contribution in [2.24, 2.45) is 0 Å². The van der Waals surface area contributed by atoms with Crippen LogP contribution in [0, 0.1) is 5.82 Å². The number of pyridine rings is 1. The predicted molar refractivity (Wildman–Crippen MR) is 77.8 cm³/mol. The SMILES string of the molecule is CCOc1ccc(Nc2ncc(Cl)cc2Br)cc1F. The number of anilines is 2. The predicted octanol–water partition coefficient (Wildman–Crippen LogP) is 4.78. The normalized spacial score (nSPS) is 10.3. The quantitative estimate of drug-likeness (QED) is 0.866. The molecule has 2 aromatic rings. The Morgan fingerprint density at radius 1 is 1.42 bits per heavy atom. The van der Waals surface area contributed by atoms with Crippen molar-refractivity contribution in [1.82, 2.24) is 4.98 Å². The zero-order chi connectivity index (χ0) is 13.8. The Hall–Kier alpha value is -1.33. The van der Waals surface area contributed by atoms with Crippen LogP contribution in [0.25, 0.3) is 0 Å². The van der Waals surface area contributed by atoms with Gasteiger partial charge in [-0.2, -0.15) is 0 Å². The van der Waals surface area contributed by atoms with Crippen molar-refractivity contribution in [2.75, 3.05) is 11.9 Å². The van der Waals surface area contributed by atoms with Crippen LogP contribution >= 0.6 is 27.5 Å². The summed E-state index contributed by atoms with van der Waals surface area (Å²) in [6, 6.07) is 6.36. The van der Waals surface area contributed by atoms with Gasteiger partial charge in [0.15, 0.2) is 11.6 Å². The number of hydrogen-bond acceptors (Lipinski definition) is 3. The van der Waals surface area contributed by atoms with Crippen molar-refractivity contribution in [3.05, 3.63) is 45.8 Å². The van der Waals surface area contributed by atoms with Gasteiger partial charge in [0.2, 0.25) is 0 Å². The second kappa shape index (κ2) is 6.21. The number of halogens is 3. The Labute approximate surface area is 123 Å². The molecule has 100 valence electrons. The van der Waals surface area contributed by atoms with E-state index in [0.717, 1.165) is 0 Å². The first-order chi connectivity index (χ1) is 9.10. The van der Waals surface area contributed by atoms with Crippen LogP contribution in [0.3, 0.4) is 0 Å². The van der Waals surface area contributed by atoms with Crippen LogP contribution in [-0.2, 0) is 0 Å². The van der Waals surface area contributed by atoms with Crippen LogP contribution in [0.1, 0.15) is 6.92 Å². The molecule has 1 heterocycles. The van der Waals surface area contributed by atoms with E-state index in [1.165, 1.54) is 12.3 Å². The Morgan fingerprint density at radius 3 is 2.84 bits per heavy atom. The topological polar surface area (TPSA) is 34.1 Å². The molecule has 0 unspecified atom stereocenters. The first-order valence-corrected chi connectivity index (χ1v) is 6.77. The summed E-state index contributed by atoms with van der Waals surface area (Å²) in [4.78, 5) is 4.12. The smallest absolute Gasteiger partial charge is 0.167 e. The number of hydrogen-bond donors (Lipinski definition) is 1. The fourth-order valence-corrected chi connectivity index (χ4v) is 2.23. The summed E-state index contributed by atoms with van der Waals surface area (Å²) < 4.78 is 19.5. The van der Waals surface area contributed by atoms with Crippen molar-refractivity contribution in [3.63, 3.8) is 0 Å². The van der Waals surface area contributed by atoms with Crippen molar-refractivity contribution >= 4 is 39.0 Å². The zero-order valence-electron chi connectivity index (χ0n) is 10.1. The largest absolute Gasteiger partial charge is 0.491 e. The Morgan fingerprint density at radius 2 is 2.21 bits per heavy atom. The summed E-state index contributed by atoms with van der Waals surface area (Å²) in [7, 11) is 0. The monoisotopic (exact) mass is 344 g/mol. The summed E-state index contributed by atoms with van der Waals surface area (Å²) in [5.74, 6) is 0.376. The Balaban J connectivity index is 2.21. The van der Waals surface area contributed by atoms with E-state index in [1.807, 2.05) is 0 Å². The van der Waals surface area contributed by atoms with Crippen LogP contribution in [-0.4, -0.2) is 11.6 Å². The lowest BCUT2D eigenvalue weighted by Gasteiger charge is -2.10. The first kappa shape index (κ1) is 14.1. The molecule has 0 atom stereocenters. The van der Waals surface area contributed by atoms with E-state index >= 15 is 0 Å². The van der Waals surface area contributed by atoms with Crippen molar-refractivity contribution in [2.45, 2.75) is 6.92 Å². The van der Waals surface area contributed by atoms with Gasteiger partial charge in [0.05, 0.1) is 16.1 Å². The van der Waals surface area contributed by atoms with Crippen LogP contribution in [0.2, 0.25) is 5.02 Å². The molecular weight excluding hydrogens is 335 g/mol. The Bertz CT molecular complexity index is 595. The minimum Gasteiger partial charge on any atom is -0.491 e. The number of ether oxygens (including phenoxy) is 1. The third-order valence-corrected chi connectivity index (χ3v) is 3.11. The number of aromatic nitrogens is 1. The van der Waals surface area contributed by atoms with E-state index in [1.54, 1.807) is 25.1 Å². The lowest BCUT2D eigenvalue weighted by molar-refractivity contribution is 0.321. The van der Waals surface area contributed by atoms with E-state index in [4.69, 9.17) is 16.3 Å². The van der Waals surface area contributed by atoms with E-state index < -0.39 is 5.82 Å². The van der Waals surface area contributed by atoms with Gasteiger partial charge in [-0.1, -0.05) is 11.6 Å². The van der Waals surface area contributed by atoms with Gasteiger partial charge in [-0.15, -0.1) is 0 Å². The summed E-state index contributed by atoms with van der Waals surface area (Å²) in [5.41, 5.74) is 0.580. The van der Waals surface area contributed by atoms with E-state index in [9.17, 15) is 4.39 Å². The van der Waals surface area contributed by atoms with Gasteiger partial charge in [-0.3, -0.25) is 0 Å². The standard InChI is InChI=1S/C13H11BrClFN2O/c1-2-19-12-4-3-9(6-11(12)16)18-13-10(14)5-8(15)7-17-13/h3-7H,2H2,1H3,(H,17,18). The second-order valence-corrected chi connectivity index (χ2v) is 4.98. The fourth-order valence-electron chi connectivity index (χ4n) is 1.49. The number of rotatable bonds is 4. The number of nitrogens with one attached hydrogen (secondary N) is 1. The highest BCUT2D eigenvalue weighted by Gasteiger charge is 2.07. The van der Waals surface area contributed by atoms with Gasteiger partial charge in [-0.25, -0.2) is 9.37 Å². The van der Waals surface area contributed by atoms with Crippen molar-refractivity contribution < 1.29 is 9.13 Å². The number of benzene rings is 1. The van der Waals surface area contributed by atoms with Crippen molar-refractivity contribution in [3.8, 4) is 5.75 Å². The summed E-state index contributed by atoms with van der Waals surface area (Å²) >= 11 is 9.14. The molecule has 1 aromatic heterocycles. The van der Waals surface area contributed by atoms with E-state index in [-0.39, 0.29) is 5.75 Å². The minimum absolute atomic E-state index is 0.233. The van der Waals surface area contributed by atoms with Crippen molar-refractivity contribution in [1.29, 1.82) is 0 Å². The molecule has 0 bridgehead atoms. The lowest BCUT2D eigenvalue weighted by Crippen LogP contribution is -1.98. The van der Waals surface area contributed by atoms with Crippen LogP contribution in [0.15, 0.2) is 34.9 Å². The average molecular weight is 346 g/mol. The third-order valence-electron chi connectivity index (χ3n) is 2.30. The van der Waals surface area contributed by atoms with Gasteiger partial charge < -0.3 is 10.1 Å². The molecular formula is C13H11BrClFN2O. The molecule has 6 heteroatoms. The minimum atomic E-state index is -0.420. The van der Waals surface area contributed by atoms with Gasteiger partial charge >= 0.3 is 0 Å². The highest BCUT2D eigenvalue weighted by molar-refractivity contribution is 9.10. The molecule has 1 N–H and O–H groups in total. The fraction of sp³-hybridized carbons (Fsp3) is 0.154. The van der Waals surface area contributed by atoms with Gasteiger partial charge in [0.25, 0.3) is 0 Å². The lowest BCUT2D eigenvalue weighted by atomic mass is 10.3. The average Bonchev–Trinajstić information content (AvgIpc) is 2.36. The molecule has 0 aliphatic carbocycles. The second-order valence-electron chi connectivity index (χ2n) is 3.69. The zero-order valence-corrected chi connectivity index (χ0v) is 12.4. The van der Waals surface area contributed by atoms with Crippen LogP contribution in [0.4, 0.5) is 15.9 Å². The molecule has 0 saturated carbocycles. The molecule has 0 amide bonds. The molecule has 0 aliphatic rings. The maximum Gasteiger partial charge on any atom is 0.167 e. The van der Waals surface area contributed by atoms with Gasteiger partial charge in [0.1, 0.15) is 5.82 Å².